The van der Waals surface area contributed by atoms with Gasteiger partial charge in [0.25, 0.3) is 0 Å². The topological polar surface area (TPSA) is 29.9 Å². The Morgan fingerprint density at radius 1 is 1.28 bits per heavy atom. The van der Waals surface area contributed by atoms with Crippen LogP contribution in [0.25, 0.3) is 5.69 Å². The van der Waals surface area contributed by atoms with Crippen LogP contribution >= 0.6 is 23.2 Å². The van der Waals surface area contributed by atoms with E-state index in [1.165, 1.54) is 0 Å². The third-order valence-electron chi connectivity index (χ3n) is 2.99. The molecule has 1 aromatic carbocycles. The minimum absolute atomic E-state index is 0.263. The number of hydrogen-bond acceptors (Lipinski definition) is 2. The standard InChI is InChI=1S/C13H15Cl2N3/c1-8(16-3)10-4-5-13(11(14)6-10)18-7-12(15)9(2)17-18/h4-8,16H,1-3H3. The van der Waals surface area contributed by atoms with Gasteiger partial charge in [0, 0.05) is 12.2 Å². The van der Waals surface area contributed by atoms with Crippen molar-refractivity contribution in [1.82, 2.24) is 15.1 Å². The second kappa shape index (κ2) is 5.31. The van der Waals surface area contributed by atoms with Crippen LogP contribution in [-0.2, 0) is 0 Å². The van der Waals surface area contributed by atoms with Gasteiger partial charge in [0.05, 0.1) is 21.4 Å². The number of nitrogens with zero attached hydrogens (tertiary/aromatic N) is 2. The van der Waals surface area contributed by atoms with Crippen LogP contribution < -0.4 is 5.32 Å². The van der Waals surface area contributed by atoms with Crippen LogP contribution in [0.15, 0.2) is 24.4 Å². The lowest BCUT2D eigenvalue weighted by Gasteiger charge is -2.12. The van der Waals surface area contributed by atoms with Crippen molar-refractivity contribution in [3.63, 3.8) is 0 Å². The lowest BCUT2D eigenvalue weighted by Crippen LogP contribution is -2.12. The van der Waals surface area contributed by atoms with Crippen LogP contribution in [0, 0.1) is 6.92 Å². The molecule has 18 heavy (non-hydrogen) atoms. The zero-order valence-corrected chi connectivity index (χ0v) is 12.0. The number of aromatic nitrogens is 2. The molecule has 5 heteroatoms. The maximum absolute atomic E-state index is 6.29. The minimum atomic E-state index is 0.263. The fourth-order valence-electron chi connectivity index (χ4n) is 1.71. The SMILES string of the molecule is CNC(C)c1ccc(-n2cc(Cl)c(C)n2)c(Cl)c1. The molecule has 1 heterocycles. The second-order valence-corrected chi connectivity index (χ2v) is 5.04. The Morgan fingerprint density at radius 2 is 2.00 bits per heavy atom. The highest BCUT2D eigenvalue weighted by atomic mass is 35.5. The lowest BCUT2D eigenvalue weighted by molar-refractivity contribution is 0.652. The van der Waals surface area contributed by atoms with E-state index >= 15 is 0 Å². The van der Waals surface area contributed by atoms with Crippen LogP contribution in [-0.4, -0.2) is 16.8 Å². The summed E-state index contributed by atoms with van der Waals surface area (Å²) in [6.45, 7) is 3.95. The van der Waals surface area contributed by atoms with E-state index in [1.54, 1.807) is 10.9 Å². The predicted molar refractivity (Wildman–Crippen MR) is 75.8 cm³/mol. The monoisotopic (exact) mass is 283 g/mol. The van der Waals surface area contributed by atoms with Crippen molar-refractivity contribution in [3.8, 4) is 5.69 Å². The van der Waals surface area contributed by atoms with Crippen LogP contribution in [0.3, 0.4) is 0 Å². The molecule has 1 atom stereocenters. The van der Waals surface area contributed by atoms with Gasteiger partial charge in [-0.1, -0.05) is 29.3 Å². The van der Waals surface area contributed by atoms with Gasteiger partial charge in [-0.05, 0) is 38.6 Å². The van der Waals surface area contributed by atoms with E-state index in [-0.39, 0.29) is 6.04 Å². The smallest absolute Gasteiger partial charge is 0.0832 e. The molecule has 0 amide bonds. The van der Waals surface area contributed by atoms with Gasteiger partial charge in [-0.15, -0.1) is 0 Å². The predicted octanol–water partition coefficient (Wildman–Crippen LogP) is 3.77. The highest BCUT2D eigenvalue weighted by Gasteiger charge is 2.10. The lowest BCUT2D eigenvalue weighted by atomic mass is 10.1. The summed E-state index contributed by atoms with van der Waals surface area (Å²) in [5.74, 6) is 0. The number of hydrogen-bond donors (Lipinski definition) is 1. The Kier molecular flexibility index (Phi) is 3.95. The van der Waals surface area contributed by atoms with Crippen molar-refractivity contribution in [1.29, 1.82) is 0 Å². The van der Waals surface area contributed by atoms with E-state index in [0.717, 1.165) is 16.9 Å². The summed E-state index contributed by atoms with van der Waals surface area (Å²) in [7, 11) is 1.92. The molecular formula is C13H15Cl2N3. The molecule has 96 valence electrons. The average Bonchev–Trinajstić information content (AvgIpc) is 2.68. The average molecular weight is 284 g/mol. The van der Waals surface area contributed by atoms with Gasteiger partial charge >= 0.3 is 0 Å². The Hall–Kier alpha value is -1.03. The third-order valence-corrected chi connectivity index (χ3v) is 3.66. The van der Waals surface area contributed by atoms with E-state index in [0.29, 0.717) is 10.0 Å². The zero-order valence-electron chi connectivity index (χ0n) is 10.5. The molecule has 0 saturated heterocycles. The fraction of sp³-hybridized carbons (Fsp3) is 0.308. The molecule has 0 saturated carbocycles. The number of nitrogens with one attached hydrogen (secondary N) is 1. The van der Waals surface area contributed by atoms with Gasteiger partial charge in [-0.3, -0.25) is 0 Å². The van der Waals surface area contributed by atoms with Crippen molar-refractivity contribution >= 4 is 23.2 Å². The Morgan fingerprint density at radius 3 is 2.50 bits per heavy atom. The van der Waals surface area contributed by atoms with Crippen molar-refractivity contribution in [2.24, 2.45) is 0 Å². The quantitative estimate of drug-likeness (QED) is 0.929. The molecule has 0 fully saturated rings. The highest BCUT2D eigenvalue weighted by Crippen LogP contribution is 2.26. The van der Waals surface area contributed by atoms with Gasteiger partial charge in [0.2, 0.25) is 0 Å². The molecule has 0 spiro atoms. The third kappa shape index (κ3) is 2.53. The number of benzene rings is 1. The molecule has 1 unspecified atom stereocenters. The molecule has 2 rings (SSSR count). The summed E-state index contributed by atoms with van der Waals surface area (Å²) >= 11 is 12.3. The number of rotatable bonds is 3. The molecule has 1 N–H and O–H groups in total. The van der Waals surface area contributed by atoms with Crippen LogP contribution in [0.4, 0.5) is 0 Å². The highest BCUT2D eigenvalue weighted by molar-refractivity contribution is 6.32. The van der Waals surface area contributed by atoms with Gasteiger partial charge in [-0.2, -0.15) is 5.10 Å². The summed E-state index contributed by atoms with van der Waals surface area (Å²) < 4.78 is 1.70. The van der Waals surface area contributed by atoms with E-state index in [1.807, 2.05) is 32.2 Å². The molecule has 0 radical (unpaired) electrons. The van der Waals surface area contributed by atoms with Crippen LogP contribution in [0.2, 0.25) is 10.0 Å². The Balaban J connectivity index is 2.41. The van der Waals surface area contributed by atoms with E-state index < -0.39 is 0 Å². The van der Waals surface area contributed by atoms with Gasteiger partial charge in [-0.25, -0.2) is 4.68 Å². The summed E-state index contributed by atoms with van der Waals surface area (Å²) in [4.78, 5) is 0. The number of aryl methyl sites for hydroxylation is 1. The summed E-state index contributed by atoms with van der Waals surface area (Å²) in [5.41, 5.74) is 2.76. The van der Waals surface area contributed by atoms with Gasteiger partial charge in [0.15, 0.2) is 0 Å². The maximum atomic E-state index is 6.29. The van der Waals surface area contributed by atoms with Crippen molar-refractivity contribution in [2.45, 2.75) is 19.9 Å². The minimum Gasteiger partial charge on any atom is -0.313 e. The first-order valence-corrected chi connectivity index (χ1v) is 6.47. The Labute approximate surface area is 117 Å². The van der Waals surface area contributed by atoms with Crippen molar-refractivity contribution in [2.75, 3.05) is 7.05 Å². The second-order valence-electron chi connectivity index (χ2n) is 4.23. The van der Waals surface area contributed by atoms with Crippen molar-refractivity contribution in [3.05, 3.63) is 45.7 Å². The zero-order chi connectivity index (χ0) is 13.3. The molecule has 3 nitrogen and oxygen atoms in total. The van der Waals surface area contributed by atoms with Gasteiger partial charge < -0.3 is 5.32 Å². The first-order chi connectivity index (χ1) is 8.52. The Bertz CT molecular complexity index is 544. The largest absolute Gasteiger partial charge is 0.313 e. The summed E-state index contributed by atoms with van der Waals surface area (Å²) in [5, 5.41) is 8.80. The first-order valence-electron chi connectivity index (χ1n) is 5.71. The van der Waals surface area contributed by atoms with Crippen LogP contribution in [0.5, 0.6) is 0 Å². The van der Waals surface area contributed by atoms with Crippen LogP contribution in [0.1, 0.15) is 24.2 Å². The molecule has 2 aromatic rings. The molecule has 0 bridgehead atoms. The first kappa shape index (κ1) is 13.4. The molecule has 0 aliphatic rings. The summed E-state index contributed by atoms with van der Waals surface area (Å²) in [6.07, 6.45) is 1.76. The normalized spacial score (nSPS) is 12.7. The molecule has 0 aliphatic carbocycles. The van der Waals surface area contributed by atoms with Gasteiger partial charge in [0.1, 0.15) is 0 Å². The van der Waals surface area contributed by atoms with Crippen molar-refractivity contribution < 1.29 is 0 Å². The maximum Gasteiger partial charge on any atom is 0.0832 e. The molecular weight excluding hydrogens is 269 g/mol. The summed E-state index contributed by atoms with van der Waals surface area (Å²) in [6, 6.07) is 6.20. The van der Waals surface area contributed by atoms with E-state index in [2.05, 4.69) is 17.3 Å². The number of halogens is 2. The molecule has 1 aromatic heterocycles. The fourth-order valence-corrected chi connectivity index (χ4v) is 2.11. The van der Waals surface area contributed by atoms with E-state index in [4.69, 9.17) is 23.2 Å². The van der Waals surface area contributed by atoms with E-state index in [9.17, 15) is 0 Å². The molecule has 0 aliphatic heterocycles.